The summed E-state index contributed by atoms with van der Waals surface area (Å²) in [4.78, 5) is 31.3. The van der Waals surface area contributed by atoms with Gasteiger partial charge in [-0.05, 0) is 90.6 Å². The Morgan fingerprint density at radius 2 is 1.70 bits per heavy atom. The molecule has 2 unspecified atom stereocenters. The van der Waals surface area contributed by atoms with E-state index in [1.54, 1.807) is 24.4 Å². The zero-order valence-electron chi connectivity index (χ0n) is 25.5. The number of aliphatic carboxylic acids is 1. The zero-order valence-corrected chi connectivity index (χ0v) is 26.3. The highest BCUT2D eigenvalue weighted by Gasteiger charge is 2.43. The molecule has 1 aromatic heterocycles. The molecule has 2 fully saturated rings. The van der Waals surface area contributed by atoms with Crippen LogP contribution in [0.5, 0.6) is 0 Å². The minimum absolute atomic E-state index is 0.0784. The molecular formula is C36H34F3N3O4S. The van der Waals surface area contributed by atoms with Crippen molar-refractivity contribution in [2.45, 2.75) is 49.8 Å². The average Bonchev–Trinajstić information content (AvgIpc) is 3.89. The number of rotatable bonds is 11. The van der Waals surface area contributed by atoms with Gasteiger partial charge in [-0.2, -0.15) is 24.9 Å². The summed E-state index contributed by atoms with van der Waals surface area (Å²) in [6.45, 7) is 1.87. The third-order valence-corrected chi connectivity index (χ3v) is 9.34. The normalized spacial score (nSPS) is 17.7. The fraction of sp³-hybridized carbons (Fsp3) is 0.306. The quantitative estimate of drug-likeness (QED) is 0.123. The number of ether oxygens (including phenoxy) is 1. The van der Waals surface area contributed by atoms with Crippen LogP contribution in [0.2, 0.25) is 0 Å². The van der Waals surface area contributed by atoms with Crippen LogP contribution in [0.15, 0.2) is 85.1 Å². The number of carbonyl (C=O) groups excluding carboxylic acids is 1. The van der Waals surface area contributed by atoms with Crippen molar-refractivity contribution in [1.29, 1.82) is 0 Å². The second-order valence-corrected chi connectivity index (χ2v) is 12.8. The molecule has 0 spiro atoms. The summed E-state index contributed by atoms with van der Waals surface area (Å²) in [6.07, 6.45) is -0.236. The molecule has 6 rings (SSSR count). The molecule has 0 radical (unpaired) electrons. The van der Waals surface area contributed by atoms with Gasteiger partial charge in [-0.1, -0.05) is 24.3 Å². The van der Waals surface area contributed by atoms with Gasteiger partial charge in [-0.25, -0.2) is 0 Å². The molecule has 244 valence electrons. The molecule has 7 nitrogen and oxygen atoms in total. The number of amides is 1. The Bertz CT molecular complexity index is 1760. The number of halogens is 3. The molecule has 2 saturated heterocycles. The predicted octanol–water partition coefficient (Wildman–Crippen LogP) is 8.53. The van der Waals surface area contributed by atoms with Crippen LogP contribution in [0.3, 0.4) is 0 Å². The number of alkyl halides is 3. The first kappa shape index (κ1) is 32.6. The maximum absolute atomic E-state index is 13.5. The maximum Gasteiger partial charge on any atom is 0.416 e. The number of aromatic nitrogens is 1. The number of carboxylic acid groups (broad SMARTS) is 1. The molecular weight excluding hydrogens is 627 g/mol. The number of nitrogens with one attached hydrogen (secondary N) is 1. The first-order valence-corrected chi connectivity index (χ1v) is 16.7. The molecule has 2 N–H and O–H groups in total. The first-order chi connectivity index (χ1) is 22.7. The number of thioether (sulfide) groups is 1. The Kier molecular flexibility index (Phi) is 9.84. The largest absolute Gasteiger partial charge is 0.481 e. The van der Waals surface area contributed by atoms with Gasteiger partial charge >= 0.3 is 12.1 Å². The Labute approximate surface area is 275 Å². The average molecular weight is 662 g/mol. The maximum atomic E-state index is 13.5. The van der Waals surface area contributed by atoms with Crippen molar-refractivity contribution in [3.63, 3.8) is 0 Å². The molecule has 2 aliphatic heterocycles. The van der Waals surface area contributed by atoms with E-state index in [0.717, 1.165) is 60.4 Å². The van der Waals surface area contributed by atoms with Crippen LogP contribution < -0.4 is 10.2 Å². The second kappa shape index (κ2) is 14.2. The standard InChI is InChI=1S/C36H34F3N3O4S/c37-36(38,39)27-9-5-7-24(19-27)33-34(46-33)25-12-14-40-31(20-25)29-21-28(42-15-2-1-3-16-42)10-11-30(29)41-35(45)26-8-4-6-23(18-26)22-47-17-13-32(43)44/h4-12,14,18-21,33-34H,1-3,13,15-17,22H2,(H,41,45)(H,43,44). The van der Waals surface area contributed by atoms with Gasteiger partial charge in [0.25, 0.3) is 5.91 Å². The minimum atomic E-state index is -4.44. The van der Waals surface area contributed by atoms with E-state index in [1.807, 2.05) is 42.5 Å². The van der Waals surface area contributed by atoms with Crippen molar-refractivity contribution in [1.82, 2.24) is 4.98 Å². The van der Waals surface area contributed by atoms with E-state index in [4.69, 9.17) is 9.84 Å². The summed E-state index contributed by atoms with van der Waals surface area (Å²) in [5.41, 5.74) is 4.86. The molecule has 2 atom stereocenters. The highest BCUT2D eigenvalue weighted by Crippen LogP contribution is 2.52. The van der Waals surface area contributed by atoms with E-state index in [1.165, 1.54) is 24.2 Å². The number of nitrogens with zero attached hydrogens (tertiary/aromatic N) is 2. The number of anilines is 2. The van der Waals surface area contributed by atoms with Crippen LogP contribution in [0.25, 0.3) is 11.3 Å². The highest BCUT2D eigenvalue weighted by atomic mass is 32.2. The topological polar surface area (TPSA) is 95.1 Å². The fourth-order valence-corrected chi connectivity index (χ4v) is 6.71. The van der Waals surface area contributed by atoms with Crippen LogP contribution in [-0.2, 0) is 21.5 Å². The van der Waals surface area contributed by atoms with Crippen LogP contribution in [0, 0.1) is 0 Å². The number of hydrogen-bond donors (Lipinski definition) is 2. The SMILES string of the molecule is O=C(O)CCSCc1cccc(C(=O)Nc2ccc(N3CCCCC3)cc2-c2cc(C3OC3c3cccc(C(F)(F)F)c3)ccn2)c1. The Morgan fingerprint density at radius 3 is 2.47 bits per heavy atom. The van der Waals surface area contributed by atoms with Crippen molar-refractivity contribution >= 4 is 35.0 Å². The van der Waals surface area contributed by atoms with E-state index in [9.17, 15) is 22.8 Å². The van der Waals surface area contributed by atoms with Crippen molar-refractivity contribution in [3.05, 3.63) is 113 Å². The number of epoxide rings is 1. The molecule has 3 heterocycles. The lowest BCUT2D eigenvalue weighted by molar-refractivity contribution is -0.138. The molecule has 3 aromatic carbocycles. The van der Waals surface area contributed by atoms with Crippen LogP contribution in [0.1, 0.15) is 70.5 Å². The van der Waals surface area contributed by atoms with E-state index in [-0.39, 0.29) is 12.3 Å². The van der Waals surface area contributed by atoms with Crippen LogP contribution in [-0.4, -0.2) is 40.8 Å². The third-order valence-electron chi connectivity index (χ3n) is 8.31. The molecule has 47 heavy (non-hydrogen) atoms. The summed E-state index contributed by atoms with van der Waals surface area (Å²) in [6, 6.07) is 22.1. The van der Waals surface area contributed by atoms with Crippen LogP contribution in [0.4, 0.5) is 24.5 Å². The number of piperidine rings is 1. The lowest BCUT2D eigenvalue weighted by Crippen LogP contribution is -2.29. The van der Waals surface area contributed by atoms with E-state index in [0.29, 0.717) is 34.0 Å². The number of carbonyl (C=O) groups is 2. The van der Waals surface area contributed by atoms with Crippen molar-refractivity contribution in [2.75, 3.05) is 29.1 Å². The molecule has 0 saturated carbocycles. The van der Waals surface area contributed by atoms with Gasteiger partial charge in [0, 0.05) is 47.6 Å². The number of hydrogen-bond acceptors (Lipinski definition) is 6. The number of carboxylic acids is 1. The fourth-order valence-electron chi connectivity index (χ4n) is 5.83. The lowest BCUT2D eigenvalue weighted by Gasteiger charge is -2.29. The lowest BCUT2D eigenvalue weighted by atomic mass is 10.00. The Balaban J connectivity index is 1.25. The first-order valence-electron chi connectivity index (χ1n) is 15.5. The molecule has 1 amide bonds. The molecule has 11 heteroatoms. The number of benzene rings is 3. The van der Waals surface area contributed by atoms with Gasteiger partial charge < -0.3 is 20.1 Å². The van der Waals surface area contributed by atoms with Gasteiger partial charge in [-0.15, -0.1) is 0 Å². The smallest absolute Gasteiger partial charge is 0.416 e. The zero-order chi connectivity index (χ0) is 33.0. The molecule has 0 bridgehead atoms. The summed E-state index contributed by atoms with van der Waals surface area (Å²) >= 11 is 1.50. The van der Waals surface area contributed by atoms with Gasteiger partial charge in [0.05, 0.1) is 23.4 Å². The highest BCUT2D eigenvalue weighted by molar-refractivity contribution is 7.98. The molecule has 0 aliphatic carbocycles. The molecule has 2 aliphatic rings. The summed E-state index contributed by atoms with van der Waals surface area (Å²) in [7, 11) is 0. The molecule has 4 aromatic rings. The predicted molar refractivity (Wildman–Crippen MR) is 177 cm³/mol. The van der Waals surface area contributed by atoms with E-state index < -0.39 is 29.9 Å². The third kappa shape index (κ3) is 8.15. The number of pyridine rings is 1. The van der Waals surface area contributed by atoms with Crippen molar-refractivity contribution in [2.24, 2.45) is 0 Å². The monoisotopic (exact) mass is 661 g/mol. The Hall–Kier alpha value is -4.35. The van der Waals surface area contributed by atoms with Gasteiger partial charge in [0.2, 0.25) is 0 Å². The summed E-state index contributed by atoms with van der Waals surface area (Å²) in [5.74, 6) is -0.0587. The van der Waals surface area contributed by atoms with E-state index >= 15 is 0 Å². The van der Waals surface area contributed by atoms with Crippen LogP contribution >= 0.6 is 11.8 Å². The van der Waals surface area contributed by atoms with Gasteiger partial charge in [0.15, 0.2) is 0 Å². The minimum Gasteiger partial charge on any atom is -0.481 e. The van der Waals surface area contributed by atoms with E-state index in [2.05, 4.69) is 15.2 Å². The summed E-state index contributed by atoms with van der Waals surface area (Å²) in [5, 5.41) is 12.0. The van der Waals surface area contributed by atoms with Gasteiger partial charge in [-0.3, -0.25) is 14.6 Å². The Morgan fingerprint density at radius 1 is 0.936 bits per heavy atom. The van der Waals surface area contributed by atoms with Crippen molar-refractivity contribution < 1.29 is 32.6 Å². The van der Waals surface area contributed by atoms with Crippen molar-refractivity contribution in [3.8, 4) is 11.3 Å². The van der Waals surface area contributed by atoms with Gasteiger partial charge in [0.1, 0.15) is 12.2 Å². The summed E-state index contributed by atoms with van der Waals surface area (Å²) < 4.78 is 45.8. The second-order valence-electron chi connectivity index (χ2n) is 11.7.